The van der Waals surface area contributed by atoms with Gasteiger partial charge in [-0.25, -0.2) is 0 Å². The van der Waals surface area contributed by atoms with Crippen LogP contribution in [0.4, 0.5) is 13.2 Å². The zero-order valence-electron chi connectivity index (χ0n) is 9.07. The summed E-state index contributed by atoms with van der Waals surface area (Å²) in [6.45, 7) is 0.615. The van der Waals surface area contributed by atoms with Crippen LogP contribution in [0.2, 0.25) is 0 Å². The second-order valence-corrected chi connectivity index (χ2v) is 3.39. The molecule has 0 heterocycles. The number of hydrogen-bond donors (Lipinski definition) is 1. The molecule has 0 aliphatic rings. The summed E-state index contributed by atoms with van der Waals surface area (Å²) in [7, 11) is 0. The van der Waals surface area contributed by atoms with E-state index in [0.717, 1.165) is 0 Å². The third-order valence-corrected chi connectivity index (χ3v) is 1.84. The Balaban J connectivity index is 2.63. The SMILES string of the molecule is NCCO/N=C/c1cccc(CC(F)(F)F)c1. The van der Waals surface area contributed by atoms with Gasteiger partial charge in [-0.3, -0.25) is 0 Å². The number of benzene rings is 1. The number of hydrogen-bond acceptors (Lipinski definition) is 3. The van der Waals surface area contributed by atoms with Crippen LogP contribution in [0.5, 0.6) is 0 Å². The molecule has 0 spiro atoms. The molecule has 0 bridgehead atoms. The molecule has 0 atom stereocenters. The van der Waals surface area contributed by atoms with Crippen molar-refractivity contribution in [1.82, 2.24) is 0 Å². The van der Waals surface area contributed by atoms with E-state index < -0.39 is 12.6 Å². The third-order valence-electron chi connectivity index (χ3n) is 1.84. The van der Waals surface area contributed by atoms with Crippen molar-refractivity contribution in [3.05, 3.63) is 35.4 Å². The van der Waals surface area contributed by atoms with E-state index in [1.54, 1.807) is 12.1 Å². The summed E-state index contributed by atoms with van der Waals surface area (Å²) < 4.78 is 36.5. The molecule has 0 saturated carbocycles. The summed E-state index contributed by atoms with van der Waals surface area (Å²) in [5.74, 6) is 0. The van der Waals surface area contributed by atoms with Gasteiger partial charge in [0.25, 0.3) is 0 Å². The van der Waals surface area contributed by atoms with Crippen LogP contribution in [0.25, 0.3) is 0 Å². The number of nitrogens with two attached hydrogens (primary N) is 1. The van der Waals surface area contributed by atoms with E-state index in [0.29, 0.717) is 12.1 Å². The molecule has 1 aromatic carbocycles. The predicted octanol–water partition coefficient (Wildman–Crippen LogP) is 2.10. The van der Waals surface area contributed by atoms with Gasteiger partial charge in [0.2, 0.25) is 0 Å². The molecule has 2 N–H and O–H groups in total. The van der Waals surface area contributed by atoms with Gasteiger partial charge in [-0.1, -0.05) is 23.4 Å². The van der Waals surface area contributed by atoms with Gasteiger partial charge >= 0.3 is 6.18 Å². The maximum absolute atomic E-state index is 12.2. The van der Waals surface area contributed by atoms with Gasteiger partial charge in [0.15, 0.2) is 0 Å². The second kappa shape index (κ2) is 6.24. The first kappa shape index (κ1) is 13.5. The number of halogens is 3. The average Bonchev–Trinajstić information content (AvgIpc) is 2.23. The highest BCUT2D eigenvalue weighted by molar-refractivity contribution is 5.79. The Kier molecular flexibility index (Phi) is 4.96. The standard InChI is InChI=1S/C11H13F3N2O/c12-11(13,14)7-9-2-1-3-10(6-9)8-16-17-5-4-15/h1-3,6,8H,4-5,7,15H2/b16-8+. The van der Waals surface area contributed by atoms with Gasteiger partial charge < -0.3 is 10.6 Å². The predicted molar refractivity (Wildman–Crippen MR) is 58.8 cm³/mol. The quantitative estimate of drug-likeness (QED) is 0.491. The van der Waals surface area contributed by atoms with Gasteiger partial charge in [-0.2, -0.15) is 13.2 Å². The lowest BCUT2D eigenvalue weighted by Gasteiger charge is -2.06. The Labute approximate surface area is 97.1 Å². The molecule has 17 heavy (non-hydrogen) atoms. The minimum absolute atomic E-state index is 0.195. The first-order valence-electron chi connectivity index (χ1n) is 5.02. The van der Waals surface area contributed by atoms with Crippen molar-refractivity contribution in [3.8, 4) is 0 Å². The van der Waals surface area contributed by atoms with Crippen LogP contribution in [0.1, 0.15) is 11.1 Å². The molecule has 1 rings (SSSR count). The summed E-state index contributed by atoms with van der Waals surface area (Å²) in [5.41, 5.74) is 5.93. The second-order valence-electron chi connectivity index (χ2n) is 3.39. The summed E-state index contributed by atoms with van der Waals surface area (Å²) in [6, 6.07) is 6.04. The zero-order chi connectivity index (χ0) is 12.7. The first-order chi connectivity index (χ1) is 8.01. The minimum atomic E-state index is -4.20. The van der Waals surface area contributed by atoms with E-state index >= 15 is 0 Å². The smallest absolute Gasteiger partial charge is 0.393 e. The molecule has 0 saturated heterocycles. The van der Waals surface area contributed by atoms with Crippen LogP contribution in [-0.2, 0) is 11.3 Å². The molecule has 0 radical (unpaired) electrons. The normalized spacial score (nSPS) is 12.0. The van der Waals surface area contributed by atoms with Gasteiger partial charge in [-0.05, 0) is 17.2 Å². The van der Waals surface area contributed by atoms with E-state index in [1.165, 1.54) is 18.3 Å². The molecule has 0 aromatic heterocycles. The van der Waals surface area contributed by atoms with E-state index in [-0.39, 0.29) is 12.2 Å². The summed E-state index contributed by atoms with van der Waals surface area (Å²) in [6.07, 6.45) is -3.79. The Morgan fingerprint density at radius 1 is 1.35 bits per heavy atom. The van der Waals surface area contributed by atoms with Gasteiger partial charge in [0.05, 0.1) is 12.6 Å². The highest BCUT2D eigenvalue weighted by Gasteiger charge is 2.27. The van der Waals surface area contributed by atoms with Crippen LogP contribution in [0, 0.1) is 0 Å². The molecular weight excluding hydrogens is 233 g/mol. The summed E-state index contributed by atoms with van der Waals surface area (Å²) >= 11 is 0. The van der Waals surface area contributed by atoms with Crippen LogP contribution < -0.4 is 5.73 Å². The Morgan fingerprint density at radius 2 is 2.12 bits per heavy atom. The van der Waals surface area contributed by atoms with Gasteiger partial charge in [0, 0.05) is 6.54 Å². The van der Waals surface area contributed by atoms with Crippen molar-refractivity contribution < 1.29 is 18.0 Å². The molecule has 0 unspecified atom stereocenters. The molecule has 6 heteroatoms. The van der Waals surface area contributed by atoms with Crippen molar-refractivity contribution in [3.63, 3.8) is 0 Å². The molecule has 94 valence electrons. The molecule has 0 aliphatic carbocycles. The number of rotatable bonds is 5. The Hall–Kier alpha value is -1.56. The molecule has 0 amide bonds. The van der Waals surface area contributed by atoms with Crippen molar-refractivity contribution in [2.75, 3.05) is 13.2 Å². The fourth-order valence-electron chi connectivity index (χ4n) is 1.22. The summed E-state index contributed by atoms with van der Waals surface area (Å²) in [5, 5.41) is 3.58. The van der Waals surface area contributed by atoms with E-state index in [2.05, 4.69) is 5.16 Å². The first-order valence-corrected chi connectivity index (χ1v) is 5.02. The van der Waals surface area contributed by atoms with Gasteiger partial charge in [0.1, 0.15) is 6.61 Å². The van der Waals surface area contributed by atoms with Crippen molar-refractivity contribution in [2.24, 2.45) is 10.9 Å². The number of nitrogens with zero attached hydrogens (tertiary/aromatic N) is 1. The third kappa shape index (κ3) is 5.91. The lowest BCUT2D eigenvalue weighted by Crippen LogP contribution is -2.11. The Morgan fingerprint density at radius 3 is 2.76 bits per heavy atom. The maximum atomic E-state index is 12.2. The van der Waals surface area contributed by atoms with E-state index in [1.807, 2.05) is 0 Å². The van der Waals surface area contributed by atoms with Crippen molar-refractivity contribution in [2.45, 2.75) is 12.6 Å². The van der Waals surface area contributed by atoms with Crippen LogP contribution in [0.15, 0.2) is 29.4 Å². The molecule has 0 aliphatic heterocycles. The van der Waals surface area contributed by atoms with Crippen LogP contribution >= 0.6 is 0 Å². The topological polar surface area (TPSA) is 47.6 Å². The van der Waals surface area contributed by atoms with E-state index in [4.69, 9.17) is 10.6 Å². The van der Waals surface area contributed by atoms with E-state index in [9.17, 15) is 13.2 Å². The van der Waals surface area contributed by atoms with Crippen molar-refractivity contribution in [1.29, 1.82) is 0 Å². The fraction of sp³-hybridized carbons (Fsp3) is 0.364. The Bertz CT molecular complexity index is 377. The highest BCUT2D eigenvalue weighted by Crippen LogP contribution is 2.21. The zero-order valence-corrected chi connectivity index (χ0v) is 9.07. The lowest BCUT2D eigenvalue weighted by atomic mass is 10.1. The van der Waals surface area contributed by atoms with Crippen molar-refractivity contribution >= 4 is 6.21 Å². The molecule has 1 aromatic rings. The number of alkyl halides is 3. The monoisotopic (exact) mass is 246 g/mol. The summed E-state index contributed by atoms with van der Waals surface area (Å²) in [4.78, 5) is 4.75. The lowest BCUT2D eigenvalue weighted by molar-refractivity contribution is -0.127. The van der Waals surface area contributed by atoms with Crippen LogP contribution in [-0.4, -0.2) is 25.5 Å². The maximum Gasteiger partial charge on any atom is 0.393 e. The average molecular weight is 246 g/mol. The minimum Gasteiger partial charge on any atom is -0.394 e. The fourth-order valence-corrected chi connectivity index (χ4v) is 1.22. The van der Waals surface area contributed by atoms with Gasteiger partial charge in [-0.15, -0.1) is 0 Å². The molecular formula is C11H13F3N2O. The highest BCUT2D eigenvalue weighted by atomic mass is 19.4. The molecule has 3 nitrogen and oxygen atoms in total. The molecule has 0 fully saturated rings. The van der Waals surface area contributed by atoms with Crippen LogP contribution in [0.3, 0.4) is 0 Å². The number of oxime groups is 1. The largest absolute Gasteiger partial charge is 0.394 e.